The lowest BCUT2D eigenvalue weighted by Crippen LogP contribution is -1.96. The second-order valence-corrected chi connectivity index (χ2v) is 4.10. The molecular weight excluding hydrogens is 264 g/mol. The molecule has 0 aliphatic rings. The molecule has 0 fully saturated rings. The Morgan fingerprint density at radius 1 is 1.10 bits per heavy atom. The summed E-state index contributed by atoms with van der Waals surface area (Å²) in [4.78, 5) is 7.73. The maximum Gasteiger partial charge on any atom is 0.256 e. The third-order valence-electron chi connectivity index (χ3n) is 2.75. The molecule has 4 nitrogen and oxygen atoms in total. The van der Waals surface area contributed by atoms with Gasteiger partial charge in [-0.1, -0.05) is 0 Å². The van der Waals surface area contributed by atoms with Crippen LogP contribution in [0.3, 0.4) is 0 Å². The third-order valence-corrected chi connectivity index (χ3v) is 2.75. The smallest absolute Gasteiger partial charge is 0.256 e. The van der Waals surface area contributed by atoms with Gasteiger partial charge in [0.2, 0.25) is 0 Å². The highest BCUT2D eigenvalue weighted by atomic mass is 19.1. The lowest BCUT2D eigenvalue weighted by molar-refractivity contribution is 0.420. The van der Waals surface area contributed by atoms with Crippen molar-refractivity contribution >= 4 is 16.6 Å². The van der Waals surface area contributed by atoms with E-state index >= 15 is 0 Å². The average Bonchev–Trinajstić information content (AvgIpc) is 2.45. The highest BCUT2D eigenvalue weighted by Crippen LogP contribution is 2.31. The molecule has 3 rings (SSSR count). The standard InChI is InChI=1S/C14H9F2N3O/c15-8-6-10(16)14(19-7-8)20-12-4-3-11(17)9-2-1-5-18-13(9)12/h1-7H,17H2. The van der Waals surface area contributed by atoms with E-state index in [1.807, 2.05) is 0 Å². The Labute approximate surface area is 112 Å². The summed E-state index contributed by atoms with van der Waals surface area (Å²) >= 11 is 0. The molecule has 0 radical (unpaired) electrons. The number of aromatic nitrogens is 2. The van der Waals surface area contributed by atoms with E-state index in [0.29, 0.717) is 28.4 Å². The van der Waals surface area contributed by atoms with Crippen LogP contribution in [0.2, 0.25) is 0 Å². The van der Waals surface area contributed by atoms with Gasteiger partial charge in [-0.05, 0) is 24.3 Å². The van der Waals surface area contributed by atoms with Gasteiger partial charge in [0.25, 0.3) is 5.88 Å². The van der Waals surface area contributed by atoms with Crippen molar-refractivity contribution in [2.45, 2.75) is 0 Å². The van der Waals surface area contributed by atoms with Crippen LogP contribution in [-0.2, 0) is 0 Å². The monoisotopic (exact) mass is 273 g/mol. The quantitative estimate of drug-likeness (QED) is 0.728. The number of anilines is 1. The number of rotatable bonds is 2. The summed E-state index contributed by atoms with van der Waals surface area (Å²) in [6.45, 7) is 0. The molecule has 0 unspecified atom stereocenters. The van der Waals surface area contributed by atoms with Gasteiger partial charge in [-0.3, -0.25) is 4.98 Å². The van der Waals surface area contributed by atoms with Crippen molar-refractivity contribution in [3.05, 3.63) is 54.4 Å². The molecule has 0 amide bonds. The van der Waals surface area contributed by atoms with Crippen LogP contribution in [-0.4, -0.2) is 9.97 Å². The van der Waals surface area contributed by atoms with E-state index in [1.54, 1.807) is 30.5 Å². The van der Waals surface area contributed by atoms with Crippen molar-refractivity contribution in [3.63, 3.8) is 0 Å². The van der Waals surface area contributed by atoms with Crippen molar-refractivity contribution in [1.82, 2.24) is 9.97 Å². The molecule has 3 aromatic rings. The van der Waals surface area contributed by atoms with Gasteiger partial charge in [-0.25, -0.2) is 13.8 Å². The van der Waals surface area contributed by atoms with E-state index < -0.39 is 11.6 Å². The second kappa shape index (κ2) is 4.73. The molecule has 20 heavy (non-hydrogen) atoms. The molecule has 0 bridgehead atoms. The molecule has 2 N–H and O–H groups in total. The summed E-state index contributed by atoms with van der Waals surface area (Å²) in [5.41, 5.74) is 6.85. The minimum atomic E-state index is -0.883. The third kappa shape index (κ3) is 2.11. The van der Waals surface area contributed by atoms with E-state index in [1.165, 1.54) is 0 Å². The number of nitrogens with zero attached hydrogens (tertiary/aromatic N) is 2. The molecule has 1 aromatic carbocycles. The summed E-state index contributed by atoms with van der Waals surface area (Å²) in [6, 6.07) is 7.41. The van der Waals surface area contributed by atoms with Gasteiger partial charge in [-0.2, -0.15) is 0 Å². The Kier molecular flexibility index (Phi) is 2.90. The zero-order chi connectivity index (χ0) is 14.1. The van der Waals surface area contributed by atoms with E-state index in [-0.39, 0.29) is 5.88 Å². The molecular formula is C14H9F2N3O. The number of ether oxygens (including phenoxy) is 1. The SMILES string of the molecule is Nc1ccc(Oc2ncc(F)cc2F)c2ncccc12. The normalized spacial score (nSPS) is 10.7. The van der Waals surface area contributed by atoms with Crippen molar-refractivity contribution in [1.29, 1.82) is 0 Å². The number of hydrogen-bond donors (Lipinski definition) is 1. The lowest BCUT2D eigenvalue weighted by Gasteiger charge is -2.09. The number of fused-ring (bicyclic) bond motifs is 1. The first-order valence-electron chi connectivity index (χ1n) is 5.77. The van der Waals surface area contributed by atoms with Crippen LogP contribution in [0, 0.1) is 11.6 Å². The Balaban J connectivity index is 2.09. The van der Waals surface area contributed by atoms with Crippen molar-refractivity contribution in [2.24, 2.45) is 0 Å². The zero-order valence-electron chi connectivity index (χ0n) is 10.2. The topological polar surface area (TPSA) is 61.0 Å². The second-order valence-electron chi connectivity index (χ2n) is 4.10. The summed E-state index contributed by atoms with van der Waals surface area (Å²) in [5, 5.41) is 0.688. The molecule has 6 heteroatoms. The van der Waals surface area contributed by atoms with Crippen LogP contribution in [0.15, 0.2) is 42.7 Å². The predicted octanol–water partition coefficient (Wildman–Crippen LogP) is 3.28. The van der Waals surface area contributed by atoms with Gasteiger partial charge >= 0.3 is 0 Å². The van der Waals surface area contributed by atoms with Gasteiger partial charge in [-0.15, -0.1) is 0 Å². The van der Waals surface area contributed by atoms with Crippen LogP contribution in [0.5, 0.6) is 11.6 Å². The van der Waals surface area contributed by atoms with Gasteiger partial charge < -0.3 is 10.5 Å². The summed E-state index contributed by atoms with van der Waals surface area (Å²) < 4.78 is 31.7. The first kappa shape index (κ1) is 12.3. The number of nitrogen functional groups attached to an aromatic ring is 1. The summed E-state index contributed by atoms with van der Waals surface area (Å²) in [6.07, 6.45) is 2.45. The van der Waals surface area contributed by atoms with Crippen molar-refractivity contribution in [2.75, 3.05) is 5.73 Å². The molecule has 2 aromatic heterocycles. The fourth-order valence-corrected chi connectivity index (χ4v) is 1.83. The Morgan fingerprint density at radius 3 is 2.75 bits per heavy atom. The Hall–Kier alpha value is -2.76. The molecule has 2 heterocycles. The number of hydrogen-bond acceptors (Lipinski definition) is 4. The fourth-order valence-electron chi connectivity index (χ4n) is 1.83. The average molecular weight is 273 g/mol. The minimum Gasteiger partial charge on any atom is -0.434 e. The molecule has 100 valence electrons. The van der Waals surface area contributed by atoms with E-state index in [0.717, 1.165) is 6.20 Å². The van der Waals surface area contributed by atoms with Crippen LogP contribution in [0.1, 0.15) is 0 Å². The van der Waals surface area contributed by atoms with Crippen molar-refractivity contribution in [3.8, 4) is 11.6 Å². The fraction of sp³-hybridized carbons (Fsp3) is 0. The molecule has 0 saturated heterocycles. The van der Waals surface area contributed by atoms with Crippen LogP contribution < -0.4 is 10.5 Å². The number of pyridine rings is 2. The molecule has 0 saturated carbocycles. The Bertz CT molecular complexity index is 792. The maximum atomic E-state index is 13.5. The first-order valence-corrected chi connectivity index (χ1v) is 5.77. The van der Waals surface area contributed by atoms with Gasteiger partial charge in [0.05, 0.1) is 6.20 Å². The molecule has 0 atom stereocenters. The molecule has 0 aliphatic heterocycles. The van der Waals surface area contributed by atoms with Crippen LogP contribution in [0.4, 0.5) is 14.5 Å². The summed E-state index contributed by atoms with van der Waals surface area (Å²) in [5.74, 6) is -1.67. The summed E-state index contributed by atoms with van der Waals surface area (Å²) in [7, 11) is 0. The van der Waals surface area contributed by atoms with Crippen LogP contribution >= 0.6 is 0 Å². The minimum absolute atomic E-state index is 0.299. The van der Waals surface area contributed by atoms with E-state index in [4.69, 9.17) is 10.5 Å². The number of nitrogens with two attached hydrogens (primary N) is 1. The Morgan fingerprint density at radius 2 is 1.95 bits per heavy atom. The number of halogens is 2. The maximum absolute atomic E-state index is 13.5. The van der Waals surface area contributed by atoms with Gasteiger partial charge in [0.15, 0.2) is 11.6 Å². The van der Waals surface area contributed by atoms with E-state index in [9.17, 15) is 8.78 Å². The van der Waals surface area contributed by atoms with Crippen molar-refractivity contribution < 1.29 is 13.5 Å². The van der Waals surface area contributed by atoms with Gasteiger partial charge in [0.1, 0.15) is 11.3 Å². The first-order chi connectivity index (χ1) is 9.65. The number of benzene rings is 1. The van der Waals surface area contributed by atoms with E-state index in [2.05, 4.69) is 9.97 Å². The highest BCUT2D eigenvalue weighted by Gasteiger charge is 2.12. The molecule has 0 spiro atoms. The van der Waals surface area contributed by atoms with Gasteiger partial charge in [0, 0.05) is 23.3 Å². The largest absolute Gasteiger partial charge is 0.434 e. The highest BCUT2D eigenvalue weighted by molar-refractivity contribution is 5.94. The zero-order valence-corrected chi connectivity index (χ0v) is 10.2. The molecule has 0 aliphatic carbocycles. The lowest BCUT2D eigenvalue weighted by atomic mass is 10.2. The predicted molar refractivity (Wildman–Crippen MR) is 70.4 cm³/mol. The van der Waals surface area contributed by atoms with Crippen LogP contribution in [0.25, 0.3) is 10.9 Å².